The highest BCUT2D eigenvalue weighted by Crippen LogP contribution is 2.68. The molecule has 0 aromatic rings. The van der Waals surface area contributed by atoms with E-state index in [1.54, 1.807) is 0 Å². The average Bonchev–Trinajstić information content (AvgIpc) is 3.08. The van der Waals surface area contributed by atoms with Gasteiger partial charge >= 0.3 is 0 Å². The molecule has 4 saturated carbocycles. The van der Waals surface area contributed by atoms with Crippen molar-refractivity contribution < 1.29 is 5.11 Å². The SMILES string of the molecule is CCC(/C=C/C(C)C1CCC2C3CCC4C(C)C(O)CCC4(C)C3CCC12C)C(C)C. The second kappa shape index (κ2) is 8.81. The van der Waals surface area contributed by atoms with Crippen LogP contribution in [0.5, 0.6) is 0 Å². The molecular formula is C30H52O. The van der Waals surface area contributed by atoms with Crippen molar-refractivity contribution in [1.82, 2.24) is 0 Å². The quantitative estimate of drug-likeness (QED) is 0.438. The smallest absolute Gasteiger partial charge is 0.0568 e. The lowest BCUT2D eigenvalue weighted by Crippen LogP contribution is -2.56. The number of rotatable bonds is 5. The molecule has 0 aromatic carbocycles. The summed E-state index contributed by atoms with van der Waals surface area (Å²) in [5, 5.41) is 10.5. The van der Waals surface area contributed by atoms with Crippen LogP contribution in [0.15, 0.2) is 12.2 Å². The summed E-state index contributed by atoms with van der Waals surface area (Å²) in [5.74, 6) is 7.14. The molecule has 0 bridgehead atoms. The van der Waals surface area contributed by atoms with Gasteiger partial charge in [0.15, 0.2) is 0 Å². The number of fused-ring (bicyclic) bond motifs is 5. The highest BCUT2D eigenvalue weighted by atomic mass is 16.3. The minimum Gasteiger partial charge on any atom is -0.393 e. The molecule has 0 saturated heterocycles. The van der Waals surface area contributed by atoms with Crippen molar-refractivity contribution in [2.75, 3.05) is 0 Å². The lowest BCUT2D eigenvalue weighted by Gasteiger charge is -2.62. The number of aliphatic hydroxyl groups excluding tert-OH is 1. The molecule has 178 valence electrons. The summed E-state index contributed by atoms with van der Waals surface area (Å²) in [6, 6.07) is 0. The molecule has 0 spiro atoms. The number of hydrogen-bond acceptors (Lipinski definition) is 1. The van der Waals surface area contributed by atoms with Gasteiger partial charge in [0.2, 0.25) is 0 Å². The van der Waals surface area contributed by atoms with Gasteiger partial charge in [-0.05, 0) is 122 Å². The van der Waals surface area contributed by atoms with E-state index in [1.165, 1.54) is 51.4 Å². The zero-order valence-corrected chi connectivity index (χ0v) is 21.7. The first-order valence-corrected chi connectivity index (χ1v) is 14.0. The van der Waals surface area contributed by atoms with E-state index in [2.05, 4.69) is 60.6 Å². The molecule has 4 fully saturated rings. The summed E-state index contributed by atoms with van der Waals surface area (Å²) >= 11 is 0. The lowest BCUT2D eigenvalue weighted by atomic mass is 9.43. The van der Waals surface area contributed by atoms with E-state index in [0.717, 1.165) is 53.8 Å². The Bertz CT molecular complexity index is 651. The van der Waals surface area contributed by atoms with E-state index in [1.807, 2.05) is 0 Å². The third kappa shape index (κ3) is 3.87. The molecule has 11 unspecified atom stereocenters. The zero-order chi connectivity index (χ0) is 22.6. The summed E-state index contributed by atoms with van der Waals surface area (Å²) in [4.78, 5) is 0. The third-order valence-electron chi connectivity index (χ3n) is 11.9. The topological polar surface area (TPSA) is 20.2 Å². The van der Waals surface area contributed by atoms with Crippen LogP contribution < -0.4 is 0 Å². The fourth-order valence-corrected chi connectivity index (χ4v) is 9.90. The third-order valence-corrected chi connectivity index (χ3v) is 11.9. The van der Waals surface area contributed by atoms with Crippen LogP contribution in [-0.4, -0.2) is 11.2 Å². The minimum absolute atomic E-state index is 0.0511. The fourth-order valence-electron chi connectivity index (χ4n) is 9.90. The molecule has 1 heteroatoms. The van der Waals surface area contributed by atoms with E-state index < -0.39 is 0 Å². The molecule has 11 atom stereocenters. The van der Waals surface area contributed by atoms with E-state index in [4.69, 9.17) is 0 Å². The second-order valence-electron chi connectivity index (χ2n) is 13.3. The largest absolute Gasteiger partial charge is 0.393 e. The molecule has 4 aliphatic rings. The van der Waals surface area contributed by atoms with Gasteiger partial charge in [0, 0.05) is 0 Å². The Morgan fingerprint density at radius 2 is 1.48 bits per heavy atom. The fraction of sp³-hybridized carbons (Fsp3) is 0.933. The zero-order valence-electron chi connectivity index (χ0n) is 21.7. The van der Waals surface area contributed by atoms with Crippen molar-refractivity contribution in [1.29, 1.82) is 0 Å². The Hall–Kier alpha value is -0.300. The van der Waals surface area contributed by atoms with Gasteiger partial charge in [0.1, 0.15) is 0 Å². The molecule has 31 heavy (non-hydrogen) atoms. The molecule has 0 amide bonds. The van der Waals surface area contributed by atoms with Crippen molar-refractivity contribution in [2.45, 2.75) is 112 Å². The molecule has 0 heterocycles. The highest BCUT2D eigenvalue weighted by molar-refractivity contribution is 5.12. The summed E-state index contributed by atoms with van der Waals surface area (Å²) in [7, 11) is 0. The van der Waals surface area contributed by atoms with Gasteiger partial charge in [0.05, 0.1) is 6.10 Å². The van der Waals surface area contributed by atoms with Gasteiger partial charge in [-0.2, -0.15) is 0 Å². The van der Waals surface area contributed by atoms with E-state index in [0.29, 0.717) is 16.7 Å². The standard InChI is InChI=1S/C30H52O/c1-8-22(19(2)3)10-9-20(4)24-13-14-26-23-11-12-25-21(5)28(31)16-18-30(25,7)27(23)15-17-29(24,26)6/h9-10,19-28,31H,8,11-18H2,1-7H3/b10-9+. The molecule has 0 radical (unpaired) electrons. The Balaban J connectivity index is 1.51. The van der Waals surface area contributed by atoms with Crippen LogP contribution in [0.1, 0.15) is 106 Å². The van der Waals surface area contributed by atoms with Crippen molar-refractivity contribution >= 4 is 0 Å². The van der Waals surface area contributed by atoms with Gasteiger partial charge < -0.3 is 5.11 Å². The number of aliphatic hydroxyl groups is 1. The molecule has 0 aromatic heterocycles. The Morgan fingerprint density at radius 1 is 0.839 bits per heavy atom. The average molecular weight is 429 g/mol. The van der Waals surface area contributed by atoms with E-state index in [9.17, 15) is 5.11 Å². The van der Waals surface area contributed by atoms with Gasteiger partial charge in [-0.1, -0.05) is 60.6 Å². The summed E-state index contributed by atoms with van der Waals surface area (Å²) < 4.78 is 0. The van der Waals surface area contributed by atoms with E-state index in [-0.39, 0.29) is 6.10 Å². The van der Waals surface area contributed by atoms with Crippen LogP contribution in [0, 0.1) is 64.1 Å². The van der Waals surface area contributed by atoms with Crippen LogP contribution in [0.4, 0.5) is 0 Å². The highest BCUT2D eigenvalue weighted by Gasteiger charge is 2.61. The van der Waals surface area contributed by atoms with Gasteiger partial charge in [-0.15, -0.1) is 0 Å². The van der Waals surface area contributed by atoms with Crippen LogP contribution >= 0.6 is 0 Å². The van der Waals surface area contributed by atoms with Crippen molar-refractivity contribution in [3.63, 3.8) is 0 Å². The Kier molecular flexibility index (Phi) is 6.78. The lowest BCUT2D eigenvalue weighted by molar-refractivity contribution is -0.148. The van der Waals surface area contributed by atoms with Crippen LogP contribution in [-0.2, 0) is 0 Å². The second-order valence-corrected chi connectivity index (χ2v) is 13.3. The first-order valence-electron chi connectivity index (χ1n) is 14.0. The Morgan fingerprint density at radius 3 is 2.16 bits per heavy atom. The maximum Gasteiger partial charge on any atom is 0.0568 e. The molecule has 1 N–H and O–H groups in total. The van der Waals surface area contributed by atoms with Crippen molar-refractivity contribution in [3.05, 3.63) is 12.2 Å². The van der Waals surface area contributed by atoms with Crippen LogP contribution in [0.2, 0.25) is 0 Å². The first-order chi connectivity index (χ1) is 14.6. The van der Waals surface area contributed by atoms with Gasteiger partial charge in [-0.3, -0.25) is 0 Å². The molecule has 4 rings (SSSR count). The summed E-state index contributed by atoms with van der Waals surface area (Å²) in [6.07, 6.45) is 17.3. The number of allylic oxidation sites excluding steroid dienone is 2. The molecule has 1 nitrogen and oxygen atoms in total. The summed E-state index contributed by atoms with van der Waals surface area (Å²) in [6.45, 7) is 17.3. The van der Waals surface area contributed by atoms with Gasteiger partial charge in [-0.25, -0.2) is 0 Å². The normalized spacial score (nSPS) is 49.5. The first kappa shape index (κ1) is 23.8. The van der Waals surface area contributed by atoms with Crippen LogP contribution in [0.3, 0.4) is 0 Å². The number of hydrogen-bond donors (Lipinski definition) is 1. The molecule has 4 aliphatic carbocycles. The summed E-state index contributed by atoms with van der Waals surface area (Å²) in [5.41, 5.74) is 1.03. The predicted molar refractivity (Wildman–Crippen MR) is 133 cm³/mol. The Labute approximate surface area is 193 Å². The van der Waals surface area contributed by atoms with Crippen molar-refractivity contribution in [2.24, 2.45) is 64.1 Å². The minimum atomic E-state index is -0.0511. The monoisotopic (exact) mass is 428 g/mol. The van der Waals surface area contributed by atoms with Gasteiger partial charge in [0.25, 0.3) is 0 Å². The maximum absolute atomic E-state index is 10.5. The maximum atomic E-state index is 10.5. The van der Waals surface area contributed by atoms with Crippen molar-refractivity contribution in [3.8, 4) is 0 Å². The molecule has 0 aliphatic heterocycles. The van der Waals surface area contributed by atoms with E-state index >= 15 is 0 Å². The predicted octanol–water partition coefficient (Wildman–Crippen LogP) is 8.13. The molecular weight excluding hydrogens is 376 g/mol. The van der Waals surface area contributed by atoms with Crippen LogP contribution in [0.25, 0.3) is 0 Å².